The van der Waals surface area contributed by atoms with Gasteiger partial charge in [0.05, 0.1) is 49.0 Å². The van der Waals surface area contributed by atoms with Gasteiger partial charge in [0.25, 0.3) is 11.8 Å². The Labute approximate surface area is 386 Å². The van der Waals surface area contributed by atoms with Crippen LogP contribution in [0.5, 0.6) is 0 Å². The first-order chi connectivity index (χ1) is 32.2. The molecule has 10 heteroatoms. The molecular formula is C56H54N4O6. The van der Waals surface area contributed by atoms with Crippen molar-refractivity contribution in [3.8, 4) is 0 Å². The summed E-state index contributed by atoms with van der Waals surface area (Å²) in [5.41, 5.74) is 14.1. The standard InChI is InChI=1S/C56H54N4O6/c1-37-5-17-43(18-6-37)59(44-19-7-38(2)8-20-44)47-25-13-41(14-26-47)53-51-52(56(62)57(53)31-29-49-63-33-34-64-49)54(58(55(51)61)32-30-50-65-35-36-66-50)42-15-27-48(28-16-42)60(45-21-9-39(3)10-22-45)46-23-11-40(4)12-24-46/h5-28,49-50H,29-36H2,1-4H3. The fourth-order valence-electron chi connectivity index (χ4n) is 9.25. The third kappa shape index (κ3) is 8.56. The zero-order valence-corrected chi connectivity index (χ0v) is 37.9. The monoisotopic (exact) mass is 878 g/mol. The van der Waals surface area contributed by atoms with Crippen LogP contribution in [0.4, 0.5) is 34.1 Å². The Hall–Kier alpha value is -6.82. The topological polar surface area (TPSA) is 84.0 Å². The molecule has 0 aromatic heterocycles. The number of ether oxygens (including phenoxy) is 4. The Morgan fingerprint density at radius 2 is 0.636 bits per heavy atom. The summed E-state index contributed by atoms with van der Waals surface area (Å²) in [5.74, 6) is -0.459. The molecule has 0 saturated carbocycles. The zero-order valence-electron chi connectivity index (χ0n) is 37.9. The van der Waals surface area contributed by atoms with Crippen molar-refractivity contribution in [1.82, 2.24) is 9.80 Å². The van der Waals surface area contributed by atoms with Crippen molar-refractivity contribution in [3.05, 3.63) is 190 Å². The molecule has 334 valence electrons. The van der Waals surface area contributed by atoms with E-state index in [1.165, 1.54) is 22.3 Å². The molecule has 0 unspecified atom stereocenters. The van der Waals surface area contributed by atoms with Crippen LogP contribution in [-0.2, 0) is 28.5 Å². The Morgan fingerprint density at radius 3 is 0.894 bits per heavy atom. The number of rotatable bonds is 14. The van der Waals surface area contributed by atoms with Crippen molar-refractivity contribution in [2.75, 3.05) is 49.3 Å². The molecule has 2 saturated heterocycles. The fourth-order valence-corrected chi connectivity index (χ4v) is 9.25. The lowest BCUT2D eigenvalue weighted by atomic mass is 10.0. The highest BCUT2D eigenvalue weighted by molar-refractivity contribution is 6.30. The second-order valence-electron chi connectivity index (χ2n) is 17.4. The second kappa shape index (κ2) is 18.6. The Morgan fingerprint density at radius 1 is 0.394 bits per heavy atom. The Bertz CT molecular complexity index is 2490. The van der Waals surface area contributed by atoms with Crippen LogP contribution >= 0.6 is 0 Å². The van der Waals surface area contributed by atoms with E-state index >= 15 is 9.59 Å². The van der Waals surface area contributed by atoms with E-state index in [2.05, 4.69) is 159 Å². The molecule has 66 heavy (non-hydrogen) atoms. The molecule has 10 nitrogen and oxygen atoms in total. The Balaban J connectivity index is 1.08. The molecule has 0 aliphatic carbocycles. The molecule has 4 heterocycles. The number of carbonyl (C=O) groups excluding carboxylic acids is 2. The van der Waals surface area contributed by atoms with Crippen molar-refractivity contribution in [2.24, 2.45) is 0 Å². The summed E-state index contributed by atoms with van der Waals surface area (Å²) >= 11 is 0. The number of anilines is 6. The van der Waals surface area contributed by atoms with Gasteiger partial charge in [0.2, 0.25) is 0 Å². The maximum absolute atomic E-state index is 15.2. The van der Waals surface area contributed by atoms with Gasteiger partial charge in [-0.2, -0.15) is 0 Å². The molecule has 2 amide bonds. The van der Waals surface area contributed by atoms with Gasteiger partial charge in [-0.25, -0.2) is 0 Å². The lowest BCUT2D eigenvalue weighted by molar-refractivity contribution is -0.125. The predicted molar refractivity (Wildman–Crippen MR) is 259 cm³/mol. The summed E-state index contributed by atoms with van der Waals surface area (Å²) < 4.78 is 23.4. The fraction of sp³-hybridized carbons (Fsp3) is 0.250. The van der Waals surface area contributed by atoms with E-state index in [0.717, 1.165) is 45.3 Å². The molecule has 0 atom stereocenters. The first-order valence-electron chi connectivity index (χ1n) is 22.9. The summed E-state index contributed by atoms with van der Waals surface area (Å²) in [6, 6.07) is 50.3. The SMILES string of the molecule is Cc1ccc(N(c2ccc(C)cc2)c2ccc(C3=C4C(=O)N(CCC5OCCO5)C(c5ccc(N(c6ccc(C)cc6)c6ccc(C)cc6)cc5)=C4C(=O)N3CCC3OCCO3)cc2)cc1. The average Bonchev–Trinajstić information content (AvgIpc) is 4.16. The summed E-state index contributed by atoms with van der Waals surface area (Å²) in [4.78, 5) is 38.4. The third-order valence-corrected chi connectivity index (χ3v) is 12.7. The summed E-state index contributed by atoms with van der Waals surface area (Å²) in [7, 11) is 0. The van der Waals surface area contributed by atoms with Crippen LogP contribution in [0, 0.1) is 27.7 Å². The van der Waals surface area contributed by atoms with Crippen LogP contribution in [0.3, 0.4) is 0 Å². The first kappa shape index (κ1) is 43.1. The number of fused-ring (bicyclic) bond motifs is 1. The van der Waals surface area contributed by atoms with E-state index in [4.69, 9.17) is 18.9 Å². The zero-order chi connectivity index (χ0) is 45.3. The van der Waals surface area contributed by atoms with Gasteiger partial charge >= 0.3 is 0 Å². The van der Waals surface area contributed by atoms with Gasteiger partial charge in [-0.1, -0.05) is 95.1 Å². The number of benzene rings is 6. The quantitative estimate of drug-likeness (QED) is 0.107. The number of carbonyl (C=O) groups is 2. The lowest BCUT2D eigenvalue weighted by Crippen LogP contribution is -2.33. The van der Waals surface area contributed by atoms with E-state index in [-0.39, 0.29) is 11.8 Å². The summed E-state index contributed by atoms with van der Waals surface area (Å²) in [6.45, 7) is 11.0. The van der Waals surface area contributed by atoms with Gasteiger partial charge < -0.3 is 38.5 Å². The van der Waals surface area contributed by atoms with Gasteiger partial charge in [-0.3, -0.25) is 9.59 Å². The van der Waals surface area contributed by atoms with Gasteiger partial charge in [-0.05, 0) is 112 Å². The molecule has 10 rings (SSSR count). The molecule has 0 N–H and O–H groups in total. The van der Waals surface area contributed by atoms with Crippen LogP contribution in [0.1, 0.15) is 46.2 Å². The lowest BCUT2D eigenvalue weighted by Gasteiger charge is -2.28. The molecule has 0 radical (unpaired) electrons. The normalized spacial score (nSPS) is 16.6. The summed E-state index contributed by atoms with van der Waals surface area (Å²) in [5, 5.41) is 0. The molecule has 4 aliphatic rings. The largest absolute Gasteiger partial charge is 0.350 e. The molecule has 6 aromatic carbocycles. The molecule has 4 aliphatic heterocycles. The van der Waals surface area contributed by atoms with Gasteiger partial charge in [-0.15, -0.1) is 0 Å². The van der Waals surface area contributed by atoms with Crippen LogP contribution in [0.25, 0.3) is 11.4 Å². The minimum Gasteiger partial charge on any atom is -0.350 e. The van der Waals surface area contributed by atoms with Crippen LogP contribution < -0.4 is 9.80 Å². The second-order valence-corrected chi connectivity index (χ2v) is 17.4. The minimum absolute atomic E-state index is 0.229. The van der Waals surface area contributed by atoms with Crippen molar-refractivity contribution in [2.45, 2.75) is 53.1 Å². The highest BCUT2D eigenvalue weighted by Gasteiger charge is 2.49. The van der Waals surface area contributed by atoms with Crippen molar-refractivity contribution in [1.29, 1.82) is 0 Å². The number of nitrogens with zero attached hydrogens (tertiary/aromatic N) is 4. The third-order valence-electron chi connectivity index (χ3n) is 12.7. The highest BCUT2D eigenvalue weighted by atomic mass is 16.7. The van der Waals surface area contributed by atoms with Crippen LogP contribution in [-0.4, -0.2) is 73.7 Å². The van der Waals surface area contributed by atoms with E-state index < -0.39 is 12.6 Å². The van der Waals surface area contributed by atoms with Gasteiger partial charge in [0, 0.05) is 60.1 Å². The van der Waals surface area contributed by atoms with Crippen molar-refractivity contribution < 1.29 is 28.5 Å². The predicted octanol–water partition coefficient (Wildman–Crippen LogP) is 11.2. The molecule has 0 spiro atoms. The van der Waals surface area contributed by atoms with Crippen molar-refractivity contribution in [3.63, 3.8) is 0 Å². The molecule has 6 aromatic rings. The van der Waals surface area contributed by atoms with E-state index in [1.54, 1.807) is 9.80 Å². The first-order valence-corrected chi connectivity index (χ1v) is 22.9. The van der Waals surface area contributed by atoms with Gasteiger partial charge in [0.15, 0.2) is 12.6 Å². The van der Waals surface area contributed by atoms with E-state index in [1.807, 2.05) is 24.3 Å². The number of aryl methyl sites for hydroxylation is 4. The molecular weight excluding hydrogens is 825 g/mol. The molecule has 0 bridgehead atoms. The van der Waals surface area contributed by atoms with Crippen LogP contribution in [0.15, 0.2) is 157 Å². The Kier molecular flexibility index (Phi) is 12.1. The number of hydrogen-bond donors (Lipinski definition) is 0. The van der Waals surface area contributed by atoms with Crippen molar-refractivity contribution >= 4 is 57.3 Å². The highest BCUT2D eigenvalue weighted by Crippen LogP contribution is 2.48. The average molecular weight is 879 g/mol. The number of amides is 2. The smallest absolute Gasteiger partial charge is 0.261 e. The van der Waals surface area contributed by atoms with E-state index in [0.29, 0.717) is 74.9 Å². The van der Waals surface area contributed by atoms with Gasteiger partial charge in [0.1, 0.15) is 0 Å². The minimum atomic E-state index is -0.436. The maximum atomic E-state index is 15.2. The molecule has 2 fully saturated rings. The van der Waals surface area contributed by atoms with E-state index in [9.17, 15) is 0 Å². The number of hydrogen-bond acceptors (Lipinski definition) is 8. The maximum Gasteiger partial charge on any atom is 0.261 e. The summed E-state index contributed by atoms with van der Waals surface area (Å²) in [6.07, 6.45) is 0.0339. The van der Waals surface area contributed by atoms with Crippen LogP contribution in [0.2, 0.25) is 0 Å².